The summed E-state index contributed by atoms with van der Waals surface area (Å²) in [5.41, 5.74) is 1.97. The summed E-state index contributed by atoms with van der Waals surface area (Å²) >= 11 is 3.35. The smallest absolute Gasteiger partial charge is 0.124 e. The van der Waals surface area contributed by atoms with Gasteiger partial charge in [0.1, 0.15) is 5.82 Å². The van der Waals surface area contributed by atoms with Gasteiger partial charge in [0, 0.05) is 23.3 Å². The molecule has 5 heteroatoms. The third-order valence-electron chi connectivity index (χ3n) is 2.63. The van der Waals surface area contributed by atoms with E-state index in [1.165, 1.54) is 12.1 Å². The van der Waals surface area contributed by atoms with Crippen LogP contribution in [0.15, 0.2) is 35.1 Å². The highest BCUT2D eigenvalue weighted by Gasteiger charge is 2.04. The summed E-state index contributed by atoms with van der Waals surface area (Å²) in [6.45, 7) is 4.78. The molecule has 0 saturated heterocycles. The van der Waals surface area contributed by atoms with Crippen molar-refractivity contribution in [3.05, 3.63) is 46.4 Å². The van der Waals surface area contributed by atoms with E-state index in [2.05, 4.69) is 40.2 Å². The van der Waals surface area contributed by atoms with Gasteiger partial charge in [0.25, 0.3) is 0 Å². The molecule has 1 aromatic carbocycles. The molecule has 96 valence electrons. The van der Waals surface area contributed by atoms with E-state index in [1.54, 1.807) is 12.3 Å². The fraction of sp³-hybridized carbons (Fsp3) is 0.308. The molecule has 0 unspecified atom stereocenters. The van der Waals surface area contributed by atoms with Crippen molar-refractivity contribution in [1.82, 2.24) is 9.78 Å². The minimum absolute atomic E-state index is 0.238. The highest BCUT2D eigenvalue weighted by molar-refractivity contribution is 9.10. The fourth-order valence-electron chi connectivity index (χ4n) is 1.57. The lowest BCUT2D eigenvalue weighted by Gasteiger charge is -2.06. The Morgan fingerprint density at radius 2 is 2.22 bits per heavy atom. The Bertz CT molecular complexity index is 537. The highest BCUT2D eigenvalue weighted by Crippen LogP contribution is 2.19. The van der Waals surface area contributed by atoms with Gasteiger partial charge in [0.2, 0.25) is 0 Å². The molecule has 18 heavy (non-hydrogen) atoms. The molecule has 0 aliphatic carbocycles. The second-order valence-electron chi connectivity index (χ2n) is 4.39. The molecule has 0 spiro atoms. The van der Waals surface area contributed by atoms with Crippen LogP contribution in [0.5, 0.6) is 0 Å². The number of halogens is 2. The molecule has 1 N–H and O–H groups in total. The van der Waals surface area contributed by atoms with Crippen molar-refractivity contribution >= 4 is 21.6 Å². The van der Waals surface area contributed by atoms with Gasteiger partial charge in [-0.2, -0.15) is 5.10 Å². The first-order chi connectivity index (χ1) is 8.56. The molecule has 0 fully saturated rings. The van der Waals surface area contributed by atoms with Crippen LogP contribution in [-0.4, -0.2) is 9.78 Å². The summed E-state index contributed by atoms with van der Waals surface area (Å²) in [6.07, 6.45) is 3.75. The zero-order chi connectivity index (χ0) is 13.1. The Labute approximate surface area is 114 Å². The van der Waals surface area contributed by atoms with Gasteiger partial charge in [0.15, 0.2) is 0 Å². The number of nitrogens with one attached hydrogen (secondary N) is 1. The molecule has 0 radical (unpaired) electrons. The monoisotopic (exact) mass is 311 g/mol. The van der Waals surface area contributed by atoms with Crippen LogP contribution in [0.25, 0.3) is 0 Å². The van der Waals surface area contributed by atoms with Crippen LogP contribution in [0, 0.1) is 5.82 Å². The summed E-state index contributed by atoms with van der Waals surface area (Å²) in [5.74, 6) is -0.238. The molecule has 1 heterocycles. The highest BCUT2D eigenvalue weighted by atomic mass is 79.9. The van der Waals surface area contributed by atoms with E-state index >= 15 is 0 Å². The summed E-state index contributed by atoms with van der Waals surface area (Å²) < 4.78 is 15.6. The zero-order valence-electron chi connectivity index (χ0n) is 10.3. The van der Waals surface area contributed by atoms with Crippen molar-refractivity contribution in [2.45, 2.75) is 26.4 Å². The number of rotatable bonds is 4. The quantitative estimate of drug-likeness (QED) is 0.925. The Balaban J connectivity index is 2.02. The summed E-state index contributed by atoms with van der Waals surface area (Å²) in [6, 6.07) is 5.03. The van der Waals surface area contributed by atoms with Crippen LogP contribution in [0.3, 0.4) is 0 Å². The summed E-state index contributed by atoms with van der Waals surface area (Å²) in [5, 5.41) is 7.51. The minimum Gasteiger partial charge on any atom is -0.378 e. The predicted molar refractivity (Wildman–Crippen MR) is 74.0 cm³/mol. The molecule has 0 aliphatic rings. The number of nitrogens with zero attached hydrogens (tertiary/aromatic N) is 2. The molecular formula is C13H15BrFN3. The average molecular weight is 312 g/mol. The van der Waals surface area contributed by atoms with E-state index in [0.29, 0.717) is 12.6 Å². The van der Waals surface area contributed by atoms with E-state index < -0.39 is 0 Å². The maximum atomic E-state index is 12.9. The van der Waals surface area contributed by atoms with Crippen LogP contribution in [0.2, 0.25) is 0 Å². The SMILES string of the molecule is CC(C)n1cc(NCc2ccc(F)cc2Br)cn1. The maximum absolute atomic E-state index is 12.9. The van der Waals surface area contributed by atoms with Crippen LogP contribution in [0.4, 0.5) is 10.1 Å². The molecule has 0 bridgehead atoms. The van der Waals surface area contributed by atoms with Gasteiger partial charge >= 0.3 is 0 Å². The zero-order valence-corrected chi connectivity index (χ0v) is 11.9. The first kappa shape index (κ1) is 13.1. The van der Waals surface area contributed by atoms with Gasteiger partial charge in [-0.15, -0.1) is 0 Å². The lowest BCUT2D eigenvalue weighted by atomic mass is 10.2. The Morgan fingerprint density at radius 3 is 2.83 bits per heavy atom. The van der Waals surface area contributed by atoms with Crippen LogP contribution < -0.4 is 5.32 Å². The second kappa shape index (κ2) is 5.52. The minimum atomic E-state index is -0.238. The van der Waals surface area contributed by atoms with E-state index in [-0.39, 0.29) is 5.82 Å². The van der Waals surface area contributed by atoms with E-state index in [9.17, 15) is 4.39 Å². The molecule has 0 amide bonds. The molecule has 0 aliphatic heterocycles. The number of benzene rings is 1. The van der Waals surface area contributed by atoms with Crippen LogP contribution in [-0.2, 0) is 6.54 Å². The third-order valence-corrected chi connectivity index (χ3v) is 3.37. The van der Waals surface area contributed by atoms with Gasteiger partial charge in [-0.1, -0.05) is 22.0 Å². The predicted octanol–water partition coefficient (Wildman–Crippen LogP) is 3.98. The number of hydrogen-bond donors (Lipinski definition) is 1. The Kier molecular flexibility index (Phi) is 4.01. The van der Waals surface area contributed by atoms with Crippen molar-refractivity contribution < 1.29 is 4.39 Å². The summed E-state index contributed by atoms with van der Waals surface area (Å²) in [7, 11) is 0. The third kappa shape index (κ3) is 3.10. The second-order valence-corrected chi connectivity index (χ2v) is 5.25. The fourth-order valence-corrected chi connectivity index (χ4v) is 2.07. The molecule has 2 rings (SSSR count). The Morgan fingerprint density at radius 1 is 1.44 bits per heavy atom. The van der Waals surface area contributed by atoms with Gasteiger partial charge in [-0.3, -0.25) is 4.68 Å². The molecule has 2 aromatic rings. The number of hydrogen-bond acceptors (Lipinski definition) is 2. The van der Waals surface area contributed by atoms with Crippen molar-refractivity contribution in [3.63, 3.8) is 0 Å². The van der Waals surface area contributed by atoms with Gasteiger partial charge in [-0.25, -0.2) is 4.39 Å². The first-order valence-electron chi connectivity index (χ1n) is 5.78. The molecule has 1 aromatic heterocycles. The van der Waals surface area contributed by atoms with Gasteiger partial charge < -0.3 is 5.32 Å². The topological polar surface area (TPSA) is 29.9 Å². The van der Waals surface area contributed by atoms with Crippen molar-refractivity contribution in [2.24, 2.45) is 0 Å². The van der Waals surface area contributed by atoms with Crippen molar-refractivity contribution in [3.8, 4) is 0 Å². The van der Waals surface area contributed by atoms with Crippen LogP contribution in [0.1, 0.15) is 25.5 Å². The van der Waals surface area contributed by atoms with E-state index in [0.717, 1.165) is 15.7 Å². The lowest BCUT2D eigenvalue weighted by Crippen LogP contribution is -2.01. The Hall–Kier alpha value is -1.36. The average Bonchev–Trinajstić information content (AvgIpc) is 2.76. The van der Waals surface area contributed by atoms with Gasteiger partial charge in [0.05, 0.1) is 11.9 Å². The van der Waals surface area contributed by atoms with Crippen molar-refractivity contribution in [1.29, 1.82) is 0 Å². The standard InChI is InChI=1S/C13H15BrFN3/c1-9(2)18-8-12(7-17-18)16-6-10-3-4-11(15)5-13(10)14/h3-5,7-9,16H,6H2,1-2H3. The summed E-state index contributed by atoms with van der Waals surface area (Å²) in [4.78, 5) is 0. The molecular weight excluding hydrogens is 297 g/mol. The van der Waals surface area contributed by atoms with E-state index in [1.807, 2.05) is 10.9 Å². The van der Waals surface area contributed by atoms with E-state index in [4.69, 9.17) is 0 Å². The lowest BCUT2D eigenvalue weighted by molar-refractivity contribution is 0.532. The largest absolute Gasteiger partial charge is 0.378 e. The maximum Gasteiger partial charge on any atom is 0.124 e. The molecule has 3 nitrogen and oxygen atoms in total. The van der Waals surface area contributed by atoms with Crippen LogP contribution >= 0.6 is 15.9 Å². The van der Waals surface area contributed by atoms with Crippen molar-refractivity contribution in [2.75, 3.05) is 5.32 Å². The molecule has 0 atom stereocenters. The first-order valence-corrected chi connectivity index (χ1v) is 6.57. The normalized spacial score (nSPS) is 10.9. The number of anilines is 1. The molecule has 0 saturated carbocycles. The van der Waals surface area contributed by atoms with Gasteiger partial charge in [-0.05, 0) is 31.5 Å². The number of aromatic nitrogens is 2.